The minimum atomic E-state index is -0.657. The molecule has 0 fully saturated rings. The number of hydrogen-bond acceptors (Lipinski definition) is 10. The summed E-state index contributed by atoms with van der Waals surface area (Å²) in [6.45, 7) is -0.359. The Morgan fingerprint density at radius 3 is 1.88 bits per heavy atom. The van der Waals surface area contributed by atoms with E-state index in [-0.39, 0.29) is 35.5 Å². The number of amides is 1. The average Bonchev–Trinajstić information content (AvgIpc) is 3.21. The molecule has 0 saturated carbocycles. The predicted molar refractivity (Wildman–Crippen MR) is 121 cm³/mol. The van der Waals surface area contributed by atoms with Crippen LogP contribution in [-0.2, 0) is 14.3 Å². The summed E-state index contributed by atoms with van der Waals surface area (Å²) in [5, 5.41) is 0. The first-order valence-electron chi connectivity index (χ1n) is 9.85. The van der Waals surface area contributed by atoms with Crippen molar-refractivity contribution in [2.75, 3.05) is 42.2 Å². The molecule has 2 N–H and O–H groups in total. The number of hydrogen-bond donors (Lipinski definition) is 1. The molecule has 3 rings (SSSR count). The van der Waals surface area contributed by atoms with Gasteiger partial charge in [0.15, 0.2) is 35.3 Å². The molecule has 0 atom stereocenters. The minimum absolute atomic E-state index is 0.0404. The first-order chi connectivity index (χ1) is 16.3. The summed E-state index contributed by atoms with van der Waals surface area (Å²) < 4.78 is 37.4. The van der Waals surface area contributed by atoms with E-state index in [0.717, 1.165) is 0 Å². The van der Waals surface area contributed by atoms with E-state index in [1.165, 1.54) is 41.6 Å². The van der Waals surface area contributed by atoms with Crippen molar-refractivity contribution < 1.29 is 42.7 Å². The number of carbonyl (C=O) groups is 2. The van der Waals surface area contributed by atoms with E-state index in [9.17, 15) is 9.59 Å². The zero-order valence-electron chi connectivity index (χ0n) is 19.3. The second-order valence-corrected chi connectivity index (χ2v) is 6.76. The SMILES string of the molecule is COc1cc(C2=N/C(=C\c3cc(OC)c(OCC(N)=O)c(OC)c3)C(=O)O2)cc(OC)c1OC. The van der Waals surface area contributed by atoms with Gasteiger partial charge in [0, 0.05) is 5.56 Å². The summed E-state index contributed by atoms with van der Waals surface area (Å²) >= 11 is 0. The molecule has 1 amide bonds. The number of methoxy groups -OCH3 is 5. The molecule has 11 heteroatoms. The van der Waals surface area contributed by atoms with Crippen LogP contribution >= 0.6 is 0 Å². The number of carbonyl (C=O) groups excluding carboxylic acids is 2. The van der Waals surface area contributed by atoms with E-state index in [1.807, 2.05) is 0 Å². The molecule has 2 aromatic rings. The van der Waals surface area contributed by atoms with Gasteiger partial charge in [-0.25, -0.2) is 9.79 Å². The summed E-state index contributed by atoms with van der Waals surface area (Å²) in [6.07, 6.45) is 1.50. The quantitative estimate of drug-likeness (QED) is 0.406. The average molecular weight is 472 g/mol. The zero-order valence-corrected chi connectivity index (χ0v) is 19.3. The first kappa shape index (κ1) is 24.2. The van der Waals surface area contributed by atoms with Gasteiger partial charge in [0.25, 0.3) is 5.91 Å². The highest BCUT2D eigenvalue weighted by atomic mass is 16.6. The maximum atomic E-state index is 12.5. The Bertz CT molecular complexity index is 1120. The van der Waals surface area contributed by atoms with Gasteiger partial charge in [0.1, 0.15) is 0 Å². The molecule has 180 valence electrons. The number of nitrogens with zero attached hydrogens (tertiary/aromatic N) is 1. The molecular weight excluding hydrogens is 448 g/mol. The minimum Gasteiger partial charge on any atom is -0.493 e. The van der Waals surface area contributed by atoms with Crippen molar-refractivity contribution in [1.29, 1.82) is 0 Å². The summed E-state index contributed by atoms with van der Waals surface area (Å²) in [7, 11) is 7.29. The van der Waals surface area contributed by atoms with Gasteiger partial charge in [-0.15, -0.1) is 0 Å². The van der Waals surface area contributed by atoms with Gasteiger partial charge in [-0.05, 0) is 35.9 Å². The Labute approximate surface area is 195 Å². The van der Waals surface area contributed by atoms with Crippen molar-refractivity contribution in [3.05, 3.63) is 41.1 Å². The largest absolute Gasteiger partial charge is 0.493 e. The zero-order chi connectivity index (χ0) is 24.8. The Hall–Kier alpha value is -4.41. The smallest absolute Gasteiger partial charge is 0.363 e. The fraction of sp³-hybridized carbons (Fsp3) is 0.261. The molecule has 0 unspecified atom stereocenters. The van der Waals surface area contributed by atoms with Crippen LogP contribution in [0.1, 0.15) is 11.1 Å². The normalized spacial score (nSPS) is 13.7. The number of benzene rings is 2. The lowest BCUT2D eigenvalue weighted by Crippen LogP contribution is -2.20. The molecule has 0 bridgehead atoms. The van der Waals surface area contributed by atoms with Gasteiger partial charge < -0.3 is 38.9 Å². The summed E-state index contributed by atoms with van der Waals surface area (Å²) in [5.41, 5.74) is 6.16. The highest BCUT2D eigenvalue weighted by Gasteiger charge is 2.27. The lowest BCUT2D eigenvalue weighted by atomic mass is 10.1. The van der Waals surface area contributed by atoms with Crippen molar-refractivity contribution in [1.82, 2.24) is 0 Å². The van der Waals surface area contributed by atoms with Crippen LogP contribution in [0.3, 0.4) is 0 Å². The summed E-state index contributed by atoms with van der Waals surface area (Å²) in [5.74, 6) is 0.654. The highest BCUT2D eigenvalue weighted by Crippen LogP contribution is 2.40. The molecule has 1 heterocycles. The van der Waals surface area contributed by atoms with Crippen LogP contribution in [0.5, 0.6) is 34.5 Å². The lowest BCUT2D eigenvalue weighted by molar-refractivity contribution is -0.130. The van der Waals surface area contributed by atoms with E-state index in [2.05, 4.69) is 4.99 Å². The Balaban J connectivity index is 2.01. The molecule has 0 saturated heterocycles. The van der Waals surface area contributed by atoms with Gasteiger partial charge in [-0.3, -0.25) is 4.79 Å². The number of esters is 1. The Morgan fingerprint density at radius 2 is 1.41 bits per heavy atom. The van der Waals surface area contributed by atoms with Crippen LogP contribution in [-0.4, -0.2) is 59.9 Å². The van der Waals surface area contributed by atoms with Crippen LogP contribution < -0.4 is 34.2 Å². The highest BCUT2D eigenvalue weighted by molar-refractivity contribution is 6.13. The number of primary amides is 1. The molecule has 1 aliphatic heterocycles. The molecule has 0 radical (unpaired) electrons. The van der Waals surface area contributed by atoms with E-state index in [4.69, 9.17) is 38.9 Å². The van der Waals surface area contributed by atoms with E-state index < -0.39 is 11.9 Å². The van der Waals surface area contributed by atoms with Gasteiger partial charge >= 0.3 is 5.97 Å². The molecule has 0 aromatic heterocycles. The van der Waals surface area contributed by atoms with Gasteiger partial charge in [0.2, 0.25) is 17.4 Å². The van der Waals surface area contributed by atoms with Crippen LogP contribution in [0.2, 0.25) is 0 Å². The van der Waals surface area contributed by atoms with Crippen LogP contribution in [0.15, 0.2) is 35.0 Å². The van der Waals surface area contributed by atoms with E-state index >= 15 is 0 Å². The van der Waals surface area contributed by atoms with Crippen molar-refractivity contribution >= 4 is 23.9 Å². The predicted octanol–water partition coefficient (Wildman–Crippen LogP) is 1.94. The molecule has 1 aliphatic rings. The third-order valence-corrected chi connectivity index (χ3v) is 4.68. The summed E-state index contributed by atoms with van der Waals surface area (Å²) in [4.78, 5) is 27.9. The maximum absolute atomic E-state index is 12.5. The van der Waals surface area contributed by atoms with Gasteiger partial charge in [-0.1, -0.05) is 0 Å². The van der Waals surface area contributed by atoms with Crippen molar-refractivity contribution in [3.63, 3.8) is 0 Å². The third-order valence-electron chi connectivity index (χ3n) is 4.68. The van der Waals surface area contributed by atoms with E-state index in [1.54, 1.807) is 24.3 Å². The first-order valence-corrected chi connectivity index (χ1v) is 9.85. The van der Waals surface area contributed by atoms with Crippen molar-refractivity contribution in [2.45, 2.75) is 0 Å². The number of cyclic esters (lactones) is 1. The van der Waals surface area contributed by atoms with Gasteiger partial charge in [0.05, 0.1) is 35.5 Å². The van der Waals surface area contributed by atoms with Crippen molar-refractivity contribution in [2.24, 2.45) is 10.7 Å². The fourth-order valence-electron chi connectivity index (χ4n) is 3.16. The number of rotatable bonds is 10. The summed E-state index contributed by atoms with van der Waals surface area (Å²) in [6, 6.07) is 6.42. The number of ether oxygens (including phenoxy) is 7. The van der Waals surface area contributed by atoms with E-state index in [0.29, 0.717) is 28.4 Å². The lowest BCUT2D eigenvalue weighted by Gasteiger charge is -2.14. The fourth-order valence-corrected chi connectivity index (χ4v) is 3.16. The second kappa shape index (κ2) is 10.5. The molecule has 2 aromatic carbocycles. The maximum Gasteiger partial charge on any atom is 0.363 e. The molecule has 0 aliphatic carbocycles. The van der Waals surface area contributed by atoms with Crippen LogP contribution in [0.4, 0.5) is 0 Å². The standard InChI is InChI=1S/C23H24N2O9/c1-28-15-7-12(8-16(29-2)21(15)33-11-19(24)26)6-14-23(27)34-22(25-14)13-9-17(30-3)20(32-5)18(10-13)31-4/h6-10H,11H2,1-5H3,(H2,24,26)/b14-6-. The van der Waals surface area contributed by atoms with Crippen molar-refractivity contribution in [3.8, 4) is 34.5 Å². The molecular formula is C23H24N2O9. The second-order valence-electron chi connectivity index (χ2n) is 6.76. The van der Waals surface area contributed by atoms with Crippen LogP contribution in [0.25, 0.3) is 6.08 Å². The number of nitrogens with two attached hydrogens (primary N) is 1. The molecule has 34 heavy (non-hydrogen) atoms. The monoisotopic (exact) mass is 472 g/mol. The Kier molecular flexibility index (Phi) is 7.46. The van der Waals surface area contributed by atoms with Crippen LogP contribution in [0, 0.1) is 0 Å². The number of aliphatic imine (C=N–C) groups is 1. The van der Waals surface area contributed by atoms with Gasteiger partial charge in [-0.2, -0.15) is 0 Å². The molecule has 0 spiro atoms. The Morgan fingerprint density at radius 1 is 0.882 bits per heavy atom. The molecule has 11 nitrogen and oxygen atoms in total. The third kappa shape index (κ3) is 4.98. The topological polar surface area (TPSA) is 137 Å².